The molecule has 7 rings (SSSR count). The number of rotatable bonds is 5. The number of hydrogen-bond acceptors (Lipinski definition) is 4. The molecule has 0 radical (unpaired) electrons. The third kappa shape index (κ3) is 3.13. The van der Waals surface area contributed by atoms with E-state index < -0.39 is 5.97 Å². The zero-order valence-electron chi connectivity index (χ0n) is 20.7. The van der Waals surface area contributed by atoms with Gasteiger partial charge < -0.3 is 14.4 Å². The molecule has 2 aromatic carbocycles. The highest BCUT2D eigenvalue weighted by Gasteiger charge is 2.60. The predicted octanol–water partition coefficient (Wildman–Crippen LogP) is 5.33. The van der Waals surface area contributed by atoms with Crippen LogP contribution in [0, 0.1) is 11.8 Å². The second-order valence-electron chi connectivity index (χ2n) is 11.4. The largest absolute Gasteiger partial charge is 0.481 e. The van der Waals surface area contributed by atoms with Crippen molar-refractivity contribution in [2.75, 3.05) is 0 Å². The van der Waals surface area contributed by atoms with Crippen molar-refractivity contribution in [3.05, 3.63) is 88.4 Å². The SMILES string of the molecule is Cn1cnc2cccc(C3CC(C)(C)c4ccc(COc5cc6c(cn5)[C@H]5[C@@H](C6)[C@@H]5C(=O)O)cc43)c21. The van der Waals surface area contributed by atoms with Crippen LogP contribution in [0.3, 0.4) is 0 Å². The molecule has 0 bridgehead atoms. The fourth-order valence-corrected chi connectivity index (χ4v) is 6.98. The molecule has 36 heavy (non-hydrogen) atoms. The Morgan fingerprint density at radius 3 is 2.83 bits per heavy atom. The normalized spacial score (nSPS) is 24.9. The maximum absolute atomic E-state index is 11.4. The van der Waals surface area contributed by atoms with E-state index in [9.17, 15) is 9.90 Å². The first kappa shape index (κ1) is 21.6. The highest BCUT2D eigenvalue weighted by atomic mass is 16.5. The summed E-state index contributed by atoms with van der Waals surface area (Å²) in [6, 6.07) is 15.2. The van der Waals surface area contributed by atoms with Crippen molar-refractivity contribution < 1.29 is 14.6 Å². The lowest BCUT2D eigenvalue weighted by Crippen LogP contribution is -2.12. The number of carboxylic acids is 1. The minimum Gasteiger partial charge on any atom is -0.481 e. The lowest BCUT2D eigenvalue weighted by atomic mass is 9.85. The van der Waals surface area contributed by atoms with E-state index in [0.29, 0.717) is 18.4 Å². The van der Waals surface area contributed by atoms with E-state index in [-0.39, 0.29) is 23.2 Å². The monoisotopic (exact) mass is 479 g/mol. The summed E-state index contributed by atoms with van der Waals surface area (Å²) in [7, 11) is 2.07. The van der Waals surface area contributed by atoms with Gasteiger partial charge in [0.2, 0.25) is 5.88 Å². The molecular formula is C30H29N3O3. The number of pyridine rings is 1. The number of carboxylic acid groups (broad SMARTS) is 1. The summed E-state index contributed by atoms with van der Waals surface area (Å²) in [5.41, 5.74) is 9.85. The Labute approximate surface area is 210 Å². The average Bonchev–Trinajstić information content (AvgIpc) is 3.11. The molecule has 1 N–H and O–H groups in total. The van der Waals surface area contributed by atoms with Crippen molar-refractivity contribution in [1.29, 1.82) is 0 Å². The number of aromatic nitrogens is 3. The third-order valence-electron chi connectivity index (χ3n) is 8.73. The van der Waals surface area contributed by atoms with Crippen LogP contribution < -0.4 is 4.74 Å². The molecule has 6 nitrogen and oxygen atoms in total. The molecule has 0 amide bonds. The number of benzene rings is 2. The van der Waals surface area contributed by atoms with Gasteiger partial charge in [0.25, 0.3) is 0 Å². The van der Waals surface area contributed by atoms with Crippen LogP contribution in [0.4, 0.5) is 0 Å². The highest BCUT2D eigenvalue weighted by Crippen LogP contribution is 2.61. The van der Waals surface area contributed by atoms with E-state index >= 15 is 0 Å². The van der Waals surface area contributed by atoms with Gasteiger partial charge in [-0.1, -0.05) is 44.2 Å². The number of aryl methyl sites for hydroxylation is 1. The molecule has 6 heteroatoms. The van der Waals surface area contributed by atoms with Crippen LogP contribution in [0.15, 0.2) is 55.0 Å². The van der Waals surface area contributed by atoms with E-state index in [4.69, 9.17) is 4.74 Å². The molecule has 4 atom stereocenters. The third-order valence-corrected chi connectivity index (χ3v) is 8.73. The smallest absolute Gasteiger partial charge is 0.307 e. The van der Waals surface area contributed by atoms with Gasteiger partial charge >= 0.3 is 5.97 Å². The Bertz CT molecular complexity index is 1550. The Hall–Kier alpha value is -3.67. The summed E-state index contributed by atoms with van der Waals surface area (Å²) in [6.07, 6.45) is 5.59. The second kappa shape index (κ2) is 7.42. The Kier molecular flexibility index (Phi) is 4.45. The fraction of sp³-hybridized carbons (Fsp3) is 0.367. The highest BCUT2D eigenvalue weighted by molar-refractivity contribution is 5.81. The second-order valence-corrected chi connectivity index (χ2v) is 11.4. The lowest BCUT2D eigenvalue weighted by Gasteiger charge is -2.19. The summed E-state index contributed by atoms with van der Waals surface area (Å²) in [4.78, 5) is 20.4. The molecule has 2 aromatic heterocycles. The Morgan fingerprint density at radius 2 is 2.00 bits per heavy atom. The summed E-state index contributed by atoms with van der Waals surface area (Å²) < 4.78 is 8.26. The number of para-hydroxylation sites is 1. The fourth-order valence-electron chi connectivity index (χ4n) is 6.98. The number of carbonyl (C=O) groups is 1. The maximum atomic E-state index is 11.4. The zero-order valence-corrected chi connectivity index (χ0v) is 20.7. The van der Waals surface area contributed by atoms with E-state index in [1.54, 1.807) is 0 Å². The van der Waals surface area contributed by atoms with Crippen LogP contribution in [0.2, 0.25) is 0 Å². The van der Waals surface area contributed by atoms with Crippen LogP contribution in [-0.4, -0.2) is 25.6 Å². The van der Waals surface area contributed by atoms with Crippen molar-refractivity contribution in [3.63, 3.8) is 0 Å². The van der Waals surface area contributed by atoms with Gasteiger partial charge in [-0.2, -0.15) is 0 Å². The van der Waals surface area contributed by atoms with Gasteiger partial charge in [0.1, 0.15) is 6.61 Å². The van der Waals surface area contributed by atoms with E-state index in [1.165, 1.54) is 27.8 Å². The Morgan fingerprint density at radius 1 is 1.14 bits per heavy atom. The van der Waals surface area contributed by atoms with Crippen molar-refractivity contribution in [1.82, 2.24) is 14.5 Å². The summed E-state index contributed by atoms with van der Waals surface area (Å²) in [6.45, 7) is 5.12. The number of fused-ring (bicyclic) bond motifs is 5. The van der Waals surface area contributed by atoms with Crippen molar-refractivity contribution >= 4 is 17.0 Å². The number of nitrogens with zero attached hydrogens (tertiary/aromatic N) is 3. The van der Waals surface area contributed by atoms with Gasteiger partial charge in [-0.15, -0.1) is 0 Å². The molecular weight excluding hydrogens is 450 g/mol. The van der Waals surface area contributed by atoms with E-state index in [2.05, 4.69) is 71.8 Å². The molecule has 0 aliphatic heterocycles. The van der Waals surface area contributed by atoms with Crippen molar-refractivity contribution in [2.45, 2.75) is 50.5 Å². The molecule has 3 aliphatic rings. The van der Waals surface area contributed by atoms with Crippen molar-refractivity contribution in [2.24, 2.45) is 18.9 Å². The van der Waals surface area contributed by atoms with Gasteiger partial charge in [0.15, 0.2) is 0 Å². The maximum Gasteiger partial charge on any atom is 0.307 e. The van der Waals surface area contributed by atoms with Gasteiger partial charge in [-0.25, -0.2) is 9.97 Å². The average molecular weight is 480 g/mol. The standard InChI is InChI=1S/C30H29N3O3/c1-30(2)12-21(18-5-4-6-24-28(18)33(3)15-32-24)19-9-16(7-8-23(19)30)14-36-25-11-17-10-20-26(22(17)13-31-25)27(20)29(34)35/h4-9,11,13,15,20-21,26-27H,10,12,14H2,1-3H3,(H,34,35)/t20-,21?,26-,27+/m1/s1. The summed E-state index contributed by atoms with van der Waals surface area (Å²) in [5, 5.41) is 9.35. The first-order valence-electron chi connectivity index (χ1n) is 12.7. The van der Waals surface area contributed by atoms with Gasteiger partial charge in [-0.3, -0.25) is 4.79 Å². The van der Waals surface area contributed by atoms with Crippen LogP contribution in [0.25, 0.3) is 11.0 Å². The first-order valence-corrected chi connectivity index (χ1v) is 12.7. The van der Waals surface area contributed by atoms with Crippen LogP contribution >= 0.6 is 0 Å². The molecule has 1 fully saturated rings. The van der Waals surface area contributed by atoms with E-state index in [0.717, 1.165) is 29.5 Å². The molecule has 4 aromatic rings. The van der Waals surface area contributed by atoms with E-state index in [1.807, 2.05) is 18.6 Å². The van der Waals surface area contributed by atoms with Crippen LogP contribution in [-0.2, 0) is 30.3 Å². The number of hydrogen-bond donors (Lipinski definition) is 1. The van der Waals surface area contributed by atoms with Gasteiger partial charge in [0.05, 0.1) is 23.3 Å². The topological polar surface area (TPSA) is 77.2 Å². The summed E-state index contributed by atoms with van der Waals surface area (Å²) >= 11 is 0. The molecule has 182 valence electrons. The number of imidazole rings is 1. The minimum atomic E-state index is -0.686. The van der Waals surface area contributed by atoms with Crippen LogP contribution in [0.5, 0.6) is 5.88 Å². The molecule has 0 spiro atoms. The first-order chi connectivity index (χ1) is 17.3. The molecule has 1 saturated carbocycles. The van der Waals surface area contributed by atoms with Crippen molar-refractivity contribution in [3.8, 4) is 5.88 Å². The van der Waals surface area contributed by atoms with Gasteiger partial charge in [0, 0.05) is 31.1 Å². The van der Waals surface area contributed by atoms with Gasteiger partial charge in [-0.05, 0) is 63.6 Å². The molecule has 2 heterocycles. The quantitative estimate of drug-likeness (QED) is 0.419. The van der Waals surface area contributed by atoms with Crippen LogP contribution in [0.1, 0.15) is 65.5 Å². The summed E-state index contributed by atoms with van der Waals surface area (Å²) in [5.74, 6) is 0.371. The molecule has 0 saturated heterocycles. The number of aliphatic carboxylic acids is 1. The lowest BCUT2D eigenvalue weighted by molar-refractivity contribution is -0.139. The minimum absolute atomic E-state index is 0.0936. The number of ether oxygens (including phenoxy) is 1. The molecule has 1 unspecified atom stereocenters. The molecule has 3 aliphatic carbocycles. The predicted molar refractivity (Wildman–Crippen MR) is 136 cm³/mol. The zero-order chi connectivity index (χ0) is 24.8. The Balaban J connectivity index is 1.16.